The maximum absolute atomic E-state index is 13.1. The third kappa shape index (κ3) is 11.7. The molecule has 0 aromatic carbocycles. The van der Waals surface area contributed by atoms with Gasteiger partial charge in [0.1, 0.15) is 0 Å². The largest absolute Gasteiger partial charge is 0.469 e. The first-order valence-corrected chi connectivity index (χ1v) is 18.2. The van der Waals surface area contributed by atoms with Gasteiger partial charge in [-0.25, -0.2) is 0 Å². The summed E-state index contributed by atoms with van der Waals surface area (Å²) in [5, 5.41) is 7.72. The summed E-state index contributed by atoms with van der Waals surface area (Å²) >= 11 is 0. The second kappa shape index (κ2) is 20.0. The van der Waals surface area contributed by atoms with Gasteiger partial charge in [-0.15, -0.1) is 0 Å². The van der Waals surface area contributed by atoms with Crippen LogP contribution in [0.25, 0.3) is 0 Å². The van der Waals surface area contributed by atoms with Crippen molar-refractivity contribution in [3.8, 4) is 0 Å². The molecular weight excluding hydrogens is 524 g/mol. The SMILES string of the molecule is CCCCCCCC1CCC(NC2CC(C(=O)OC)C(NC3CCC(CCCCCCC)CC3)CC2C(=O)OC)CC1. The molecule has 0 spiro atoms. The molecule has 3 fully saturated rings. The maximum atomic E-state index is 13.1. The molecule has 0 radical (unpaired) electrons. The van der Waals surface area contributed by atoms with Crippen LogP contribution >= 0.6 is 0 Å². The highest BCUT2D eigenvalue weighted by atomic mass is 16.5. The van der Waals surface area contributed by atoms with E-state index < -0.39 is 0 Å². The molecule has 3 aliphatic carbocycles. The van der Waals surface area contributed by atoms with Crippen LogP contribution in [0.2, 0.25) is 0 Å². The number of rotatable bonds is 18. The van der Waals surface area contributed by atoms with Crippen LogP contribution in [0, 0.1) is 23.7 Å². The van der Waals surface area contributed by atoms with Crippen molar-refractivity contribution in [2.75, 3.05) is 14.2 Å². The molecule has 3 aliphatic rings. The lowest BCUT2D eigenvalue weighted by atomic mass is 9.73. The van der Waals surface area contributed by atoms with E-state index in [2.05, 4.69) is 24.5 Å². The summed E-state index contributed by atoms with van der Waals surface area (Å²) < 4.78 is 10.6. The van der Waals surface area contributed by atoms with E-state index in [1.54, 1.807) is 0 Å². The number of methoxy groups -OCH3 is 2. The molecule has 6 nitrogen and oxygen atoms in total. The van der Waals surface area contributed by atoms with Crippen LogP contribution in [0.1, 0.15) is 155 Å². The Morgan fingerprint density at radius 2 is 0.905 bits per heavy atom. The molecule has 3 rings (SSSR count). The maximum Gasteiger partial charge on any atom is 0.310 e. The van der Waals surface area contributed by atoms with Crippen molar-refractivity contribution in [2.45, 2.75) is 179 Å². The van der Waals surface area contributed by atoms with E-state index in [1.807, 2.05) is 0 Å². The molecule has 0 amide bonds. The number of esters is 2. The molecule has 0 bridgehead atoms. The van der Waals surface area contributed by atoms with Gasteiger partial charge in [-0.1, -0.05) is 90.9 Å². The molecule has 42 heavy (non-hydrogen) atoms. The van der Waals surface area contributed by atoms with Gasteiger partial charge in [0.05, 0.1) is 26.1 Å². The standard InChI is InChI=1S/C36H66N2O4/c1-5-7-9-11-13-15-27-17-21-29(22-18-27)37-33-25-32(36(40)42-4)34(26-31(33)35(39)41-3)38-30-23-19-28(20-24-30)16-14-12-10-8-6-2/h27-34,37-38H,5-26H2,1-4H3. The summed E-state index contributed by atoms with van der Waals surface area (Å²) in [5.41, 5.74) is 0. The normalized spacial score (nSPS) is 31.9. The zero-order valence-electron chi connectivity index (χ0n) is 27.8. The van der Waals surface area contributed by atoms with Crippen molar-refractivity contribution in [1.82, 2.24) is 10.6 Å². The number of carbonyl (C=O) groups is 2. The van der Waals surface area contributed by atoms with Gasteiger partial charge in [-0.3, -0.25) is 9.59 Å². The minimum Gasteiger partial charge on any atom is -0.469 e. The van der Waals surface area contributed by atoms with Gasteiger partial charge in [-0.2, -0.15) is 0 Å². The Morgan fingerprint density at radius 1 is 0.548 bits per heavy atom. The van der Waals surface area contributed by atoms with Crippen LogP contribution in [-0.4, -0.2) is 50.3 Å². The van der Waals surface area contributed by atoms with E-state index in [1.165, 1.54) is 117 Å². The molecule has 0 saturated heterocycles. The molecule has 0 aromatic rings. The molecule has 244 valence electrons. The van der Waals surface area contributed by atoms with Gasteiger partial charge in [0.25, 0.3) is 0 Å². The third-order valence-electron chi connectivity index (χ3n) is 11.0. The Balaban J connectivity index is 1.50. The van der Waals surface area contributed by atoms with Gasteiger partial charge in [0.2, 0.25) is 0 Å². The summed E-state index contributed by atoms with van der Waals surface area (Å²) in [4.78, 5) is 26.1. The lowest BCUT2D eigenvalue weighted by Gasteiger charge is -2.44. The van der Waals surface area contributed by atoms with Gasteiger partial charge < -0.3 is 20.1 Å². The Kier molecular flexibility index (Phi) is 16.8. The molecular formula is C36H66N2O4. The quantitative estimate of drug-likeness (QED) is 0.124. The first-order chi connectivity index (χ1) is 20.5. The van der Waals surface area contributed by atoms with Crippen LogP contribution in [0.5, 0.6) is 0 Å². The van der Waals surface area contributed by atoms with Crippen LogP contribution in [0.4, 0.5) is 0 Å². The summed E-state index contributed by atoms with van der Waals surface area (Å²) in [5.74, 6) is 0.943. The second-order valence-electron chi connectivity index (χ2n) is 14.1. The fraction of sp³-hybridized carbons (Fsp3) is 0.944. The summed E-state index contributed by atoms with van der Waals surface area (Å²) in [7, 11) is 3.01. The van der Waals surface area contributed by atoms with Crippen molar-refractivity contribution in [3.63, 3.8) is 0 Å². The molecule has 0 aliphatic heterocycles. The first kappa shape index (κ1) is 35.3. The summed E-state index contributed by atoms with van der Waals surface area (Å²) in [6, 6.07) is 0.745. The lowest BCUT2D eigenvalue weighted by molar-refractivity contribution is -0.155. The second-order valence-corrected chi connectivity index (χ2v) is 14.1. The Labute approximate surface area is 258 Å². The summed E-state index contributed by atoms with van der Waals surface area (Å²) in [6.07, 6.45) is 27.3. The molecule has 0 heterocycles. The average Bonchev–Trinajstić information content (AvgIpc) is 3.02. The average molecular weight is 591 g/mol. The minimum atomic E-state index is -0.232. The van der Waals surface area contributed by atoms with E-state index in [0.29, 0.717) is 24.9 Å². The molecule has 2 N–H and O–H groups in total. The van der Waals surface area contributed by atoms with E-state index in [9.17, 15) is 9.59 Å². The van der Waals surface area contributed by atoms with Crippen LogP contribution in [0.15, 0.2) is 0 Å². The first-order valence-electron chi connectivity index (χ1n) is 18.2. The number of hydrogen-bond donors (Lipinski definition) is 2. The molecule has 3 saturated carbocycles. The molecule has 0 aromatic heterocycles. The molecule has 6 heteroatoms. The third-order valence-corrected chi connectivity index (χ3v) is 11.0. The lowest BCUT2D eigenvalue weighted by Crippen LogP contribution is -2.58. The number of carbonyl (C=O) groups excluding carboxylic acids is 2. The molecule has 4 atom stereocenters. The van der Waals surface area contributed by atoms with Crippen molar-refractivity contribution in [3.05, 3.63) is 0 Å². The van der Waals surface area contributed by atoms with Gasteiger partial charge in [0, 0.05) is 24.2 Å². The van der Waals surface area contributed by atoms with Crippen LogP contribution in [-0.2, 0) is 19.1 Å². The Bertz CT molecular complexity index is 683. The fourth-order valence-electron chi connectivity index (χ4n) is 8.31. The van der Waals surface area contributed by atoms with Crippen molar-refractivity contribution in [2.24, 2.45) is 23.7 Å². The highest BCUT2D eigenvalue weighted by Crippen LogP contribution is 2.36. The van der Waals surface area contributed by atoms with E-state index >= 15 is 0 Å². The topological polar surface area (TPSA) is 76.7 Å². The van der Waals surface area contributed by atoms with Crippen LogP contribution < -0.4 is 10.6 Å². The van der Waals surface area contributed by atoms with Crippen LogP contribution in [0.3, 0.4) is 0 Å². The van der Waals surface area contributed by atoms with Crippen molar-refractivity contribution < 1.29 is 19.1 Å². The highest BCUT2D eigenvalue weighted by molar-refractivity contribution is 5.76. The zero-order valence-corrected chi connectivity index (χ0v) is 27.8. The van der Waals surface area contributed by atoms with Gasteiger partial charge in [-0.05, 0) is 76.0 Å². The van der Waals surface area contributed by atoms with Crippen molar-refractivity contribution in [1.29, 1.82) is 0 Å². The smallest absolute Gasteiger partial charge is 0.310 e. The number of hydrogen-bond acceptors (Lipinski definition) is 6. The molecule has 4 unspecified atom stereocenters. The van der Waals surface area contributed by atoms with Gasteiger partial charge >= 0.3 is 11.9 Å². The van der Waals surface area contributed by atoms with E-state index in [0.717, 1.165) is 37.5 Å². The Morgan fingerprint density at radius 3 is 1.24 bits per heavy atom. The highest BCUT2D eigenvalue weighted by Gasteiger charge is 2.45. The van der Waals surface area contributed by atoms with E-state index in [-0.39, 0.29) is 35.9 Å². The number of unbranched alkanes of at least 4 members (excludes halogenated alkanes) is 8. The number of nitrogens with one attached hydrogen (secondary N) is 2. The van der Waals surface area contributed by atoms with E-state index in [4.69, 9.17) is 9.47 Å². The predicted octanol–water partition coefficient (Wildman–Crippen LogP) is 8.11. The van der Waals surface area contributed by atoms with Crippen molar-refractivity contribution >= 4 is 11.9 Å². The minimum absolute atomic E-state index is 0.0429. The monoisotopic (exact) mass is 591 g/mol. The zero-order chi connectivity index (χ0) is 30.2. The number of ether oxygens (including phenoxy) is 2. The Hall–Kier alpha value is -1.14. The fourth-order valence-corrected chi connectivity index (χ4v) is 8.31. The predicted molar refractivity (Wildman–Crippen MR) is 172 cm³/mol. The van der Waals surface area contributed by atoms with Gasteiger partial charge in [0.15, 0.2) is 0 Å². The summed E-state index contributed by atoms with van der Waals surface area (Å²) in [6.45, 7) is 4.55.